The van der Waals surface area contributed by atoms with E-state index in [-0.39, 0.29) is 5.69 Å². The molecular formula is C18H18N4O4S. The van der Waals surface area contributed by atoms with E-state index in [1.165, 1.54) is 23.9 Å². The molecule has 0 unspecified atom stereocenters. The van der Waals surface area contributed by atoms with Crippen LogP contribution in [-0.4, -0.2) is 34.1 Å². The fraction of sp³-hybridized carbons (Fsp3) is 0.222. The van der Waals surface area contributed by atoms with Crippen molar-refractivity contribution in [2.45, 2.75) is 17.5 Å². The molecule has 2 N–H and O–H groups in total. The first kappa shape index (κ1) is 18.9. The Balaban J connectivity index is 1.87. The molecule has 0 saturated heterocycles. The molecule has 1 heterocycles. The number of nitrogens with zero attached hydrogens (tertiary/aromatic N) is 3. The Morgan fingerprint density at radius 2 is 2.04 bits per heavy atom. The quantitative estimate of drug-likeness (QED) is 0.362. The summed E-state index contributed by atoms with van der Waals surface area (Å²) in [4.78, 5) is 26.4. The summed E-state index contributed by atoms with van der Waals surface area (Å²) in [5, 5.41) is 11.5. The number of thioether (sulfide) groups is 1. The van der Waals surface area contributed by atoms with Crippen molar-refractivity contribution >= 4 is 34.4 Å². The Labute approximate surface area is 159 Å². The number of rotatable bonds is 8. The second kappa shape index (κ2) is 8.19. The molecular weight excluding hydrogens is 368 g/mol. The smallest absolute Gasteiger partial charge is 0.269 e. The van der Waals surface area contributed by atoms with Crippen molar-refractivity contribution in [1.29, 1.82) is 0 Å². The molecule has 1 amide bonds. The maximum absolute atomic E-state index is 11.4. The van der Waals surface area contributed by atoms with Gasteiger partial charge in [-0.25, -0.2) is 4.98 Å². The topological polar surface area (TPSA) is 113 Å². The zero-order chi connectivity index (χ0) is 19.4. The highest BCUT2D eigenvalue weighted by Gasteiger charge is 2.14. The standard InChI is InChI=1S/C18H18N4O4S/c1-26-9-8-21-16-7-4-13(17(19)23)10-15(16)20-18(21)27-11-12-2-5-14(6-3-12)22(24)25/h2-7,10H,8-9,11H2,1H3,(H2,19,23). The molecule has 3 aromatic rings. The number of hydrogen-bond donors (Lipinski definition) is 1. The van der Waals surface area contributed by atoms with Gasteiger partial charge in [-0.3, -0.25) is 14.9 Å². The Morgan fingerprint density at radius 1 is 1.30 bits per heavy atom. The molecule has 0 saturated carbocycles. The maximum Gasteiger partial charge on any atom is 0.269 e. The van der Waals surface area contributed by atoms with Gasteiger partial charge in [-0.1, -0.05) is 23.9 Å². The van der Waals surface area contributed by atoms with E-state index in [1.807, 2.05) is 10.6 Å². The van der Waals surface area contributed by atoms with Gasteiger partial charge in [-0.15, -0.1) is 0 Å². The fourth-order valence-electron chi connectivity index (χ4n) is 2.63. The predicted octanol–water partition coefficient (Wildman–Crippen LogP) is 2.98. The summed E-state index contributed by atoms with van der Waals surface area (Å²) in [7, 11) is 1.63. The third-order valence-corrected chi connectivity index (χ3v) is 5.08. The van der Waals surface area contributed by atoms with E-state index in [2.05, 4.69) is 4.98 Å². The van der Waals surface area contributed by atoms with Gasteiger partial charge in [-0.2, -0.15) is 0 Å². The second-order valence-electron chi connectivity index (χ2n) is 5.82. The minimum atomic E-state index is -0.497. The molecule has 9 heteroatoms. The number of carbonyl (C=O) groups is 1. The number of amides is 1. The number of ether oxygens (including phenoxy) is 1. The second-order valence-corrected chi connectivity index (χ2v) is 6.76. The van der Waals surface area contributed by atoms with Crippen molar-refractivity contribution in [2.24, 2.45) is 5.73 Å². The number of fused-ring (bicyclic) bond motifs is 1. The SMILES string of the molecule is COCCn1c(SCc2ccc([N+](=O)[O-])cc2)nc2cc(C(N)=O)ccc21. The minimum absolute atomic E-state index is 0.0649. The minimum Gasteiger partial charge on any atom is -0.383 e. The molecule has 8 nitrogen and oxygen atoms in total. The lowest BCUT2D eigenvalue weighted by molar-refractivity contribution is -0.384. The number of carbonyl (C=O) groups excluding carboxylic acids is 1. The van der Waals surface area contributed by atoms with E-state index in [0.29, 0.717) is 30.0 Å². The molecule has 0 aliphatic rings. The molecule has 0 radical (unpaired) electrons. The van der Waals surface area contributed by atoms with Gasteiger partial charge in [0.2, 0.25) is 5.91 Å². The molecule has 140 valence electrons. The number of nitrogens with two attached hydrogens (primary N) is 1. The Kier molecular flexibility index (Phi) is 5.72. The molecule has 3 rings (SSSR count). The van der Waals surface area contributed by atoms with Crippen LogP contribution in [0.2, 0.25) is 0 Å². The fourth-order valence-corrected chi connectivity index (χ4v) is 3.63. The lowest BCUT2D eigenvalue weighted by Gasteiger charge is -2.08. The van der Waals surface area contributed by atoms with E-state index >= 15 is 0 Å². The van der Waals surface area contributed by atoms with Crippen LogP contribution in [0, 0.1) is 10.1 Å². The van der Waals surface area contributed by atoms with Gasteiger partial charge in [0, 0.05) is 37.1 Å². The molecule has 0 atom stereocenters. The average molecular weight is 386 g/mol. The van der Waals surface area contributed by atoms with Crippen LogP contribution in [0.1, 0.15) is 15.9 Å². The molecule has 2 aromatic carbocycles. The molecule has 0 bridgehead atoms. The van der Waals surface area contributed by atoms with Crippen LogP contribution in [0.5, 0.6) is 0 Å². The van der Waals surface area contributed by atoms with E-state index in [0.717, 1.165) is 16.2 Å². The van der Waals surface area contributed by atoms with Crippen LogP contribution >= 0.6 is 11.8 Å². The number of aromatic nitrogens is 2. The number of methoxy groups -OCH3 is 1. The van der Waals surface area contributed by atoms with Gasteiger partial charge in [0.15, 0.2) is 5.16 Å². The van der Waals surface area contributed by atoms with Crippen LogP contribution in [0.4, 0.5) is 5.69 Å². The molecule has 27 heavy (non-hydrogen) atoms. The molecule has 0 aliphatic heterocycles. The van der Waals surface area contributed by atoms with Gasteiger partial charge in [-0.05, 0) is 23.8 Å². The predicted molar refractivity (Wildman–Crippen MR) is 103 cm³/mol. The first-order chi connectivity index (χ1) is 13.0. The summed E-state index contributed by atoms with van der Waals surface area (Å²) in [5.74, 6) is 0.111. The van der Waals surface area contributed by atoms with E-state index in [4.69, 9.17) is 10.5 Å². The van der Waals surface area contributed by atoms with Crippen molar-refractivity contribution in [3.8, 4) is 0 Å². The Bertz CT molecular complexity index is 985. The number of non-ortho nitro benzene ring substituents is 1. The van der Waals surface area contributed by atoms with Crippen molar-refractivity contribution in [1.82, 2.24) is 9.55 Å². The van der Waals surface area contributed by atoms with Crippen LogP contribution in [-0.2, 0) is 17.0 Å². The molecule has 0 spiro atoms. The van der Waals surface area contributed by atoms with Gasteiger partial charge in [0.25, 0.3) is 5.69 Å². The summed E-state index contributed by atoms with van der Waals surface area (Å²) < 4.78 is 7.21. The van der Waals surface area contributed by atoms with E-state index in [1.54, 1.807) is 31.4 Å². The summed E-state index contributed by atoms with van der Waals surface area (Å²) in [5.41, 5.74) is 8.36. The molecule has 0 aliphatic carbocycles. The lowest BCUT2D eigenvalue weighted by atomic mass is 10.2. The van der Waals surface area contributed by atoms with Crippen LogP contribution in [0.25, 0.3) is 11.0 Å². The van der Waals surface area contributed by atoms with Crippen molar-refractivity contribution < 1.29 is 14.5 Å². The summed E-state index contributed by atoms with van der Waals surface area (Å²) in [6.07, 6.45) is 0. The number of hydrogen-bond acceptors (Lipinski definition) is 6. The maximum atomic E-state index is 11.4. The average Bonchev–Trinajstić information content (AvgIpc) is 3.01. The lowest BCUT2D eigenvalue weighted by Crippen LogP contribution is -2.10. The summed E-state index contributed by atoms with van der Waals surface area (Å²) >= 11 is 1.52. The normalized spacial score (nSPS) is 11.0. The number of benzene rings is 2. The van der Waals surface area contributed by atoms with Gasteiger partial charge < -0.3 is 15.0 Å². The molecule has 0 fully saturated rings. The van der Waals surface area contributed by atoms with Gasteiger partial charge >= 0.3 is 0 Å². The van der Waals surface area contributed by atoms with Gasteiger partial charge in [0.05, 0.1) is 22.6 Å². The van der Waals surface area contributed by atoms with Crippen molar-refractivity contribution in [3.63, 3.8) is 0 Å². The highest BCUT2D eigenvalue weighted by atomic mass is 32.2. The highest BCUT2D eigenvalue weighted by molar-refractivity contribution is 7.98. The first-order valence-electron chi connectivity index (χ1n) is 8.14. The zero-order valence-electron chi connectivity index (χ0n) is 14.6. The van der Waals surface area contributed by atoms with Crippen molar-refractivity contribution in [3.05, 3.63) is 63.7 Å². The monoisotopic (exact) mass is 386 g/mol. The van der Waals surface area contributed by atoms with E-state index < -0.39 is 10.8 Å². The zero-order valence-corrected chi connectivity index (χ0v) is 15.4. The number of imidazole rings is 1. The van der Waals surface area contributed by atoms with Crippen LogP contribution in [0.15, 0.2) is 47.6 Å². The number of nitro benzene ring substituents is 1. The molecule has 1 aromatic heterocycles. The summed E-state index contributed by atoms with van der Waals surface area (Å²) in [6, 6.07) is 11.6. The Hall–Kier alpha value is -2.91. The highest BCUT2D eigenvalue weighted by Crippen LogP contribution is 2.28. The summed E-state index contributed by atoms with van der Waals surface area (Å²) in [6.45, 7) is 1.14. The third kappa shape index (κ3) is 4.26. The largest absolute Gasteiger partial charge is 0.383 e. The third-order valence-electron chi connectivity index (χ3n) is 4.03. The van der Waals surface area contributed by atoms with Gasteiger partial charge in [0.1, 0.15) is 0 Å². The number of nitro groups is 1. The van der Waals surface area contributed by atoms with E-state index in [9.17, 15) is 14.9 Å². The van der Waals surface area contributed by atoms with Crippen LogP contribution in [0.3, 0.4) is 0 Å². The number of primary amides is 1. The Morgan fingerprint density at radius 3 is 2.67 bits per heavy atom. The van der Waals surface area contributed by atoms with Crippen molar-refractivity contribution in [2.75, 3.05) is 13.7 Å². The van der Waals surface area contributed by atoms with Crippen LogP contribution < -0.4 is 5.73 Å². The first-order valence-corrected chi connectivity index (χ1v) is 9.13.